The van der Waals surface area contributed by atoms with Crippen LogP contribution in [-0.4, -0.2) is 35.0 Å². The van der Waals surface area contributed by atoms with E-state index in [-0.39, 0.29) is 11.3 Å². The maximum absolute atomic E-state index is 12.5. The molecule has 2 heterocycles. The smallest absolute Gasteiger partial charge is 0.268 e. The normalized spacial score (nSPS) is 17.8. The van der Waals surface area contributed by atoms with Crippen molar-refractivity contribution < 1.29 is 4.79 Å². The third-order valence-corrected chi connectivity index (χ3v) is 5.16. The number of benzene rings is 1. The molecule has 2 aromatic rings. The molecule has 0 spiro atoms. The van der Waals surface area contributed by atoms with Gasteiger partial charge in [-0.3, -0.25) is 14.5 Å². The Morgan fingerprint density at radius 1 is 1.23 bits per heavy atom. The highest BCUT2D eigenvalue weighted by Gasteiger charge is 2.21. The molecule has 26 heavy (non-hydrogen) atoms. The molecule has 0 saturated carbocycles. The summed E-state index contributed by atoms with van der Waals surface area (Å²) in [6.07, 6.45) is 2.27. The van der Waals surface area contributed by atoms with Crippen molar-refractivity contribution in [2.45, 2.75) is 26.3 Å². The molecule has 1 aromatic carbocycles. The summed E-state index contributed by atoms with van der Waals surface area (Å²) in [4.78, 5) is 26.6. The molecule has 1 fully saturated rings. The zero-order valence-corrected chi connectivity index (χ0v) is 15.6. The van der Waals surface area contributed by atoms with Crippen LogP contribution in [0.25, 0.3) is 0 Å². The van der Waals surface area contributed by atoms with Gasteiger partial charge in [-0.2, -0.15) is 0 Å². The lowest BCUT2D eigenvalue weighted by atomic mass is 9.97. The molecule has 0 unspecified atom stereocenters. The largest absolute Gasteiger partial charge is 0.350 e. The average Bonchev–Trinajstić information content (AvgIpc) is 2.64. The minimum Gasteiger partial charge on any atom is -0.350 e. The highest BCUT2D eigenvalue weighted by Crippen LogP contribution is 2.18. The molecular weight excluding hydrogens is 326 g/mol. The van der Waals surface area contributed by atoms with Gasteiger partial charge >= 0.3 is 0 Å². The van der Waals surface area contributed by atoms with Crippen molar-refractivity contribution in [1.82, 2.24) is 14.8 Å². The predicted octanol–water partition coefficient (Wildman–Crippen LogP) is 2.34. The maximum Gasteiger partial charge on any atom is 0.268 e. The van der Waals surface area contributed by atoms with Gasteiger partial charge < -0.3 is 9.88 Å². The van der Waals surface area contributed by atoms with Crippen molar-refractivity contribution in [3.8, 4) is 0 Å². The number of hydrogen-bond acceptors (Lipinski definition) is 3. The lowest BCUT2D eigenvalue weighted by Gasteiger charge is -2.32. The van der Waals surface area contributed by atoms with Crippen molar-refractivity contribution in [2.24, 2.45) is 13.0 Å². The van der Waals surface area contributed by atoms with Gasteiger partial charge in [-0.05, 0) is 37.8 Å². The van der Waals surface area contributed by atoms with Crippen LogP contribution in [0.3, 0.4) is 0 Å². The fourth-order valence-corrected chi connectivity index (χ4v) is 3.61. The maximum atomic E-state index is 12.5. The Kier molecular flexibility index (Phi) is 5.89. The van der Waals surface area contributed by atoms with Crippen LogP contribution in [-0.2, 0) is 13.6 Å². The fourth-order valence-electron chi connectivity index (χ4n) is 3.61. The quantitative estimate of drug-likeness (QED) is 0.898. The number of rotatable bonds is 5. The van der Waals surface area contributed by atoms with Crippen molar-refractivity contribution in [3.63, 3.8) is 0 Å². The van der Waals surface area contributed by atoms with E-state index in [2.05, 4.69) is 34.5 Å². The molecule has 3 rings (SSSR count). The number of carbonyl (C=O) groups is 1. The van der Waals surface area contributed by atoms with E-state index < -0.39 is 0 Å². The monoisotopic (exact) mass is 353 g/mol. The van der Waals surface area contributed by atoms with Crippen molar-refractivity contribution in [2.75, 3.05) is 19.6 Å². The highest BCUT2D eigenvalue weighted by atomic mass is 16.2. The third-order valence-electron chi connectivity index (χ3n) is 5.16. The lowest BCUT2D eigenvalue weighted by Crippen LogP contribution is -2.41. The van der Waals surface area contributed by atoms with Crippen LogP contribution in [0, 0.1) is 12.8 Å². The van der Waals surface area contributed by atoms with Gasteiger partial charge in [-0.1, -0.05) is 30.3 Å². The van der Waals surface area contributed by atoms with Crippen LogP contribution in [0.15, 0.2) is 47.3 Å². The number of amides is 1. The second kappa shape index (κ2) is 8.32. The van der Waals surface area contributed by atoms with Crippen LogP contribution in [0.2, 0.25) is 0 Å². The molecule has 138 valence electrons. The van der Waals surface area contributed by atoms with Gasteiger partial charge in [-0.25, -0.2) is 0 Å². The van der Waals surface area contributed by atoms with Gasteiger partial charge in [0.1, 0.15) is 5.69 Å². The van der Waals surface area contributed by atoms with Crippen LogP contribution in [0.1, 0.15) is 34.6 Å². The van der Waals surface area contributed by atoms with Gasteiger partial charge in [0.25, 0.3) is 5.91 Å². The predicted molar refractivity (Wildman–Crippen MR) is 103 cm³/mol. The minimum absolute atomic E-state index is 0.127. The molecule has 5 heteroatoms. The van der Waals surface area contributed by atoms with E-state index >= 15 is 0 Å². The Hall–Kier alpha value is -2.40. The molecule has 0 bridgehead atoms. The van der Waals surface area contributed by atoms with Gasteiger partial charge in [0.2, 0.25) is 0 Å². The zero-order valence-electron chi connectivity index (χ0n) is 15.6. The summed E-state index contributed by atoms with van der Waals surface area (Å²) in [7, 11) is 1.81. The standard InChI is InChI=1S/C21H27N3O2/c1-16-11-19(25)12-20(23(16)2)21(26)22-13-18-9-6-10-24(15-18)14-17-7-4-3-5-8-17/h3-5,7-8,11-12,18H,6,9-10,13-15H2,1-2H3,(H,22,26)/t18-/m1/s1. The first kappa shape index (κ1) is 18.4. The van der Waals surface area contributed by atoms with Crippen LogP contribution in [0.5, 0.6) is 0 Å². The first-order valence-corrected chi connectivity index (χ1v) is 9.25. The lowest BCUT2D eigenvalue weighted by molar-refractivity contribution is 0.0921. The number of carbonyl (C=O) groups excluding carboxylic acids is 1. The highest BCUT2D eigenvalue weighted by molar-refractivity contribution is 5.92. The Labute approximate surface area is 154 Å². The van der Waals surface area contributed by atoms with E-state index in [1.165, 1.54) is 11.6 Å². The number of likely N-dealkylation sites (tertiary alicyclic amines) is 1. The molecule has 1 atom stereocenters. The number of hydrogen-bond donors (Lipinski definition) is 1. The molecule has 1 aliphatic rings. The molecule has 1 aromatic heterocycles. The number of aryl methyl sites for hydroxylation is 1. The molecule has 0 radical (unpaired) electrons. The Balaban J connectivity index is 1.56. The van der Waals surface area contributed by atoms with Crippen LogP contribution >= 0.6 is 0 Å². The Morgan fingerprint density at radius 2 is 2.00 bits per heavy atom. The summed E-state index contributed by atoms with van der Waals surface area (Å²) in [5, 5.41) is 3.02. The zero-order chi connectivity index (χ0) is 18.5. The van der Waals surface area contributed by atoms with E-state index in [0.29, 0.717) is 18.2 Å². The summed E-state index contributed by atoms with van der Waals surface area (Å²) in [5.74, 6) is 0.270. The third kappa shape index (κ3) is 4.61. The second-order valence-corrected chi connectivity index (χ2v) is 7.22. The molecule has 5 nitrogen and oxygen atoms in total. The second-order valence-electron chi connectivity index (χ2n) is 7.22. The summed E-state index contributed by atoms with van der Waals surface area (Å²) in [6.45, 7) is 5.53. The molecule has 1 N–H and O–H groups in total. The molecule has 0 aliphatic carbocycles. The van der Waals surface area contributed by atoms with E-state index in [1.807, 2.05) is 20.0 Å². The number of nitrogens with one attached hydrogen (secondary N) is 1. The first-order chi connectivity index (χ1) is 12.5. The van der Waals surface area contributed by atoms with E-state index in [1.54, 1.807) is 10.6 Å². The van der Waals surface area contributed by atoms with Crippen molar-refractivity contribution in [1.29, 1.82) is 0 Å². The summed E-state index contributed by atoms with van der Waals surface area (Å²) in [6, 6.07) is 13.4. The van der Waals surface area contributed by atoms with Gasteiger partial charge in [0, 0.05) is 44.5 Å². The Morgan fingerprint density at radius 3 is 2.77 bits per heavy atom. The van der Waals surface area contributed by atoms with E-state index in [4.69, 9.17) is 0 Å². The van der Waals surface area contributed by atoms with Gasteiger partial charge in [-0.15, -0.1) is 0 Å². The average molecular weight is 353 g/mol. The molecule has 1 amide bonds. The topological polar surface area (TPSA) is 54.3 Å². The Bertz CT molecular complexity index is 814. The number of pyridine rings is 1. The van der Waals surface area contributed by atoms with E-state index in [0.717, 1.165) is 38.2 Å². The first-order valence-electron chi connectivity index (χ1n) is 9.25. The van der Waals surface area contributed by atoms with E-state index in [9.17, 15) is 9.59 Å². The van der Waals surface area contributed by atoms with Crippen molar-refractivity contribution >= 4 is 5.91 Å². The SMILES string of the molecule is Cc1cc(=O)cc(C(=O)NC[C@H]2CCCN(Cc3ccccc3)C2)n1C. The number of nitrogens with zero attached hydrogens (tertiary/aromatic N) is 2. The van der Waals surface area contributed by atoms with Gasteiger partial charge in [0.05, 0.1) is 0 Å². The summed E-state index contributed by atoms with van der Waals surface area (Å²) in [5.41, 5.74) is 2.41. The molecular formula is C21H27N3O2. The molecule has 1 aliphatic heterocycles. The number of piperidine rings is 1. The minimum atomic E-state index is -0.173. The van der Waals surface area contributed by atoms with Crippen LogP contribution in [0.4, 0.5) is 0 Å². The summed E-state index contributed by atoms with van der Waals surface area (Å²) >= 11 is 0. The summed E-state index contributed by atoms with van der Waals surface area (Å²) < 4.78 is 1.76. The van der Waals surface area contributed by atoms with Crippen LogP contribution < -0.4 is 10.7 Å². The molecule has 1 saturated heterocycles. The van der Waals surface area contributed by atoms with Crippen molar-refractivity contribution in [3.05, 3.63) is 69.6 Å². The van der Waals surface area contributed by atoms with Gasteiger partial charge in [0.15, 0.2) is 5.43 Å². The fraction of sp³-hybridized carbons (Fsp3) is 0.429. The number of aromatic nitrogens is 1.